The largest absolute Gasteiger partial charge is 0.370 e. The van der Waals surface area contributed by atoms with Gasteiger partial charge in [0.2, 0.25) is 0 Å². The van der Waals surface area contributed by atoms with Crippen molar-refractivity contribution >= 4 is 5.78 Å². The molecular formula is C23H34O4. The quantitative estimate of drug-likeness (QED) is 0.652. The molecule has 27 heavy (non-hydrogen) atoms. The maximum Gasteiger partial charge on any atom is 0.169 e. The third-order valence-electron chi connectivity index (χ3n) is 10.1. The first-order valence-corrected chi connectivity index (χ1v) is 11.3. The zero-order valence-electron chi connectivity index (χ0n) is 17.0. The van der Waals surface area contributed by atoms with Crippen LogP contribution in [0.2, 0.25) is 0 Å². The number of hydrogen-bond donors (Lipinski definition) is 0. The molecule has 4 saturated carbocycles. The van der Waals surface area contributed by atoms with Gasteiger partial charge in [-0.1, -0.05) is 13.8 Å². The van der Waals surface area contributed by atoms with E-state index in [1.807, 2.05) is 0 Å². The SMILES string of the molecule is CC1([C@H]2CC[C@H]3[C@@H]4CC[C@H]5C[C@@H]6O[C@@H]6C[C@]5(C)[C@H]4C(=O)C[C@]23C)OCCO1. The minimum absolute atomic E-state index is 0.0355. The van der Waals surface area contributed by atoms with Gasteiger partial charge in [-0.3, -0.25) is 4.79 Å². The van der Waals surface area contributed by atoms with E-state index in [2.05, 4.69) is 20.8 Å². The Kier molecular flexibility index (Phi) is 3.46. The predicted molar refractivity (Wildman–Crippen MR) is 100.0 cm³/mol. The number of epoxide rings is 1. The molecule has 6 aliphatic rings. The molecule has 0 radical (unpaired) electrons. The Morgan fingerprint density at radius 2 is 1.70 bits per heavy atom. The molecule has 0 aromatic heterocycles. The second-order valence-electron chi connectivity index (χ2n) is 11.2. The third kappa shape index (κ3) is 2.18. The fourth-order valence-electron chi connectivity index (χ4n) is 8.93. The van der Waals surface area contributed by atoms with Gasteiger partial charge in [0.25, 0.3) is 0 Å². The fourth-order valence-corrected chi connectivity index (χ4v) is 8.93. The Balaban J connectivity index is 1.34. The fraction of sp³-hybridized carbons (Fsp3) is 0.957. The van der Waals surface area contributed by atoms with Crippen molar-refractivity contribution in [3.63, 3.8) is 0 Å². The zero-order chi connectivity index (χ0) is 18.6. The Bertz CT molecular complexity index is 669. The maximum atomic E-state index is 13.7. The smallest absolute Gasteiger partial charge is 0.169 e. The van der Waals surface area contributed by atoms with E-state index in [-0.39, 0.29) is 16.7 Å². The molecule has 6 fully saturated rings. The van der Waals surface area contributed by atoms with E-state index in [1.54, 1.807) is 0 Å². The third-order valence-corrected chi connectivity index (χ3v) is 10.1. The van der Waals surface area contributed by atoms with Gasteiger partial charge in [-0.05, 0) is 74.0 Å². The summed E-state index contributed by atoms with van der Waals surface area (Å²) in [4.78, 5) is 13.7. The van der Waals surface area contributed by atoms with Crippen molar-refractivity contribution in [2.45, 2.75) is 83.7 Å². The number of carbonyl (C=O) groups is 1. The molecule has 4 aliphatic carbocycles. The summed E-state index contributed by atoms with van der Waals surface area (Å²) >= 11 is 0. The molecule has 150 valence electrons. The van der Waals surface area contributed by atoms with Crippen LogP contribution >= 0.6 is 0 Å². The van der Waals surface area contributed by atoms with Gasteiger partial charge in [-0.25, -0.2) is 0 Å². The van der Waals surface area contributed by atoms with Crippen molar-refractivity contribution in [2.24, 2.45) is 40.4 Å². The van der Waals surface area contributed by atoms with Crippen LogP contribution in [0.25, 0.3) is 0 Å². The van der Waals surface area contributed by atoms with Crippen LogP contribution in [-0.4, -0.2) is 37.0 Å². The van der Waals surface area contributed by atoms with E-state index in [4.69, 9.17) is 14.2 Å². The van der Waals surface area contributed by atoms with E-state index >= 15 is 0 Å². The molecule has 9 atom stereocenters. The van der Waals surface area contributed by atoms with Gasteiger partial charge in [-0.2, -0.15) is 0 Å². The van der Waals surface area contributed by atoms with Crippen molar-refractivity contribution in [2.75, 3.05) is 13.2 Å². The highest BCUT2D eigenvalue weighted by Gasteiger charge is 2.68. The molecule has 0 unspecified atom stereocenters. The highest BCUT2D eigenvalue weighted by molar-refractivity contribution is 5.84. The molecule has 6 rings (SSSR count). The highest BCUT2D eigenvalue weighted by atomic mass is 16.7. The molecule has 0 amide bonds. The molecule has 0 spiro atoms. The first kappa shape index (κ1) is 17.4. The molecule has 2 aliphatic heterocycles. The number of ether oxygens (including phenoxy) is 3. The zero-order valence-corrected chi connectivity index (χ0v) is 17.0. The molecular weight excluding hydrogens is 340 g/mol. The van der Waals surface area contributed by atoms with E-state index in [0.717, 1.165) is 19.3 Å². The number of fused-ring (bicyclic) bond motifs is 6. The van der Waals surface area contributed by atoms with Crippen molar-refractivity contribution in [3.8, 4) is 0 Å². The summed E-state index contributed by atoms with van der Waals surface area (Å²) in [5.41, 5.74) is 0.204. The van der Waals surface area contributed by atoms with E-state index in [0.29, 0.717) is 54.9 Å². The van der Waals surface area contributed by atoms with Crippen LogP contribution in [0.5, 0.6) is 0 Å². The second-order valence-corrected chi connectivity index (χ2v) is 11.2. The Hall–Kier alpha value is -0.450. The lowest BCUT2D eigenvalue weighted by atomic mass is 9.44. The first-order chi connectivity index (χ1) is 12.9. The lowest BCUT2D eigenvalue weighted by Crippen LogP contribution is -2.59. The van der Waals surface area contributed by atoms with Crippen LogP contribution in [0.3, 0.4) is 0 Å². The Morgan fingerprint density at radius 1 is 0.926 bits per heavy atom. The first-order valence-electron chi connectivity index (χ1n) is 11.3. The summed E-state index contributed by atoms with van der Waals surface area (Å²) in [6.07, 6.45) is 8.90. The van der Waals surface area contributed by atoms with Crippen molar-refractivity contribution in [1.29, 1.82) is 0 Å². The summed E-state index contributed by atoms with van der Waals surface area (Å²) in [6.45, 7) is 8.32. The van der Waals surface area contributed by atoms with Crippen LogP contribution in [-0.2, 0) is 19.0 Å². The predicted octanol–water partition coefficient (Wildman–Crippen LogP) is 3.96. The van der Waals surface area contributed by atoms with Gasteiger partial charge in [-0.15, -0.1) is 0 Å². The number of carbonyl (C=O) groups excluding carboxylic acids is 1. The molecule has 0 bridgehead atoms. The maximum absolute atomic E-state index is 13.7. The van der Waals surface area contributed by atoms with Crippen LogP contribution in [0.15, 0.2) is 0 Å². The molecule has 4 nitrogen and oxygen atoms in total. The number of rotatable bonds is 1. The van der Waals surface area contributed by atoms with Gasteiger partial charge in [0.15, 0.2) is 5.79 Å². The average Bonchev–Trinajstić information content (AvgIpc) is 3.02. The summed E-state index contributed by atoms with van der Waals surface area (Å²) < 4.78 is 18.1. The molecule has 4 heteroatoms. The molecule has 0 N–H and O–H groups in total. The van der Waals surface area contributed by atoms with Crippen LogP contribution in [0, 0.1) is 40.4 Å². The average molecular weight is 375 g/mol. The summed E-state index contributed by atoms with van der Waals surface area (Å²) in [5.74, 6) is 2.54. The second kappa shape index (κ2) is 5.37. The Labute approximate surface area is 162 Å². The van der Waals surface area contributed by atoms with Gasteiger partial charge in [0.05, 0.1) is 25.4 Å². The van der Waals surface area contributed by atoms with Gasteiger partial charge < -0.3 is 14.2 Å². The van der Waals surface area contributed by atoms with Crippen molar-refractivity contribution < 1.29 is 19.0 Å². The van der Waals surface area contributed by atoms with Gasteiger partial charge in [0.1, 0.15) is 5.78 Å². The van der Waals surface area contributed by atoms with Crippen molar-refractivity contribution in [3.05, 3.63) is 0 Å². The van der Waals surface area contributed by atoms with E-state index < -0.39 is 5.79 Å². The molecule has 0 aromatic carbocycles. The number of Topliss-reactive ketones (excluding diaryl/α,β-unsaturated/α-hetero) is 1. The molecule has 0 aromatic rings. The van der Waals surface area contributed by atoms with Crippen molar-refractivity contribution in [1.82, 2.24) is 0 Å². The monoisotopic (exact) mass is 374 g/mol. The van der Waals surface area contributed by atoms with E-state index in [1.165, 1.54) is 25.7 Å². The Morgan fingerprint density at radius 3 is 2.48 bits per heavy atom. The lowest BCUT2D eigenvalue weighted by Gasteiger charge is -2.59. The molecule has 2 heterocycles. The van der Waals surface area contributed by atoms with Crippen LogP contribution < -0.4 is 0 Å². The number of hydrogen-bond acceptors (Lipinski definition) is 4. The summed E-state index contributed by atoms with van der Waals surface area (Å²) in [6, 6.07) is 0. The molecule has 2 saturated heterocycles. The van der Waals surface area contributed by atoms with Crippen LogP contribution in [0.1, 0.15) is 65.7 Å². The minimum Gasteiger partial charge on any atom is -0.370 e. The summed E-state index contributed by atoms with van der Waals surface area (Å²) in [7, 11) is 0. The van der Waals surface area contributed by atoms with Gasteiger partial charge >= 0.3 is 0 Å². The van der Waals surface area contributed by atoms with Gasteiger partial charge in [0, 0.05) is 18.3 Å². The topological polar surface area (TPSA) is 48.1 Å². The van der Waals surface area contributed by atoms with Crippen LogP contribution in [0.4, 0.5) is 0 Å². The minimum atomic E-state index is -0.488. The summed E-state index contributed by atoms with van der Waals surface area (Å²) in [5, 5.41) is 0. The van der Waals surface area contributed by atoms with E-state index in [9.17, 15) is 4.79 Å². The standard InChI is InChI=1S/C23H34O4/c1-21-12-18-17(27-18)10-13(21)4-5-14-15-6-7-19(23(3)25-8-9-26-23)22(15,2)11-16(24)20(14)21/h13-15,17-20H,4-12H2,1-3H3/t13-,14-,15-,17-,18+,19-,20+,21-,22-/m0/s1. The highest BCUT2D eigenvalue weighted by Crippen LogP contribution is 2.69. The lowest BCUT2D eigenvalue weighted by molar-refractivity contribution is -0.215. The normalized spacial score (nSPS) is 58.2. The number of ketones is 1.